The molecule has 292 valence electrons. The highest BCUT2D eigenvalue weighted by atomic mass is 32.2. The van der Waals surface area contributed by atoms with Crippen molar-refractivity contribution >= 4 is 52.4 Å². The van der Waals surface area contributed by atoms with Crippen LogP contribution in [0.2, 0.25) is 0 Å². The van der Waals surface area contributed by atoms with E-state index in [2.05, 4.69) is 83.5 Å². The summed E-state index contributed by atoms with van der Waals surface area (Å²) in [5.74, 6) is -1.93. The fourth-order valence-corrected chi connectivity index (χ4v) is 7.43. The van der Waals surface area contributed by atoms with Gasteiger partial charge in [-0.15, -0.1) is 16.9 Å². The van der Waals surface area contributed by atoms with Crippen molar-refractivity contribution in [2.45, 2.75) is 77.0 Å². The molecule has 1 fully saturated rings. The largest absolute Gasteiger partial charge is 0.481 e. The zero-order chi connectivity index (χ0) is 38.6. The molecule has 5 rings (SSSR count). The van der Waals surface area contributed by atoms with E-state index in [0.717, 1.165) is 93.7 Å². The van der Waals surface area contributed by atoms with Gasteiger partial charge in [0.15, 0.2) is 5.82 Å². The first kappa shape index (κ1) is 40.4. The lowest BCUT2D eigenvalue weighted by Crippen LogP contribution is -2.46. The monoisotopic (exact) mass is 764 g/mol. The number of fused-ring (bicyclic) bond motifs is 1. The maximum atomic E-state index is 12.6. The molecular formula is C36H52N12O5S. The molecule has 0 spiro atoms. The molecule has 0 bridgehead atoms. The Morgan fingerprint density at radius 1 is 1.02 bits per heavy atom. The lowest BCUT2D eigenvalue weighted by Gasteiger charge is -2.34. The molecular weight excluding hydrogens is 713 g/mol. The van der Waals surface area contributed by atoms with E-state index in [1.807, 2.05) is 6.07 Å². The number of thioether (sulfide) groups is 1. The number of nitrogens with zero attached hydrogens (tertiary/aromatic N) is 8. The van der Waals surface area contributed by atoms with Gasteiger partial charge in [0.1, 0.15) is 17.3 Å². The predicted molar refractivity (Wildman–Crippen MR) is 208 cm³/mol. The number of carbonyl (C=O) groups excluding carboxylic acids is 1. The zero-order valence-corrected chi connectivity index (χ0v) is 31.8. The van der Waals surface area contributed by atoms with Gasteiger partial charge >= 0.3 is 11.9 Å². The number of carboxylic acid groups (broad SMARTS) is 2. The molecule has 17 nitrogen and oxygen atoms in total. The van der Waals surface area contributed by atoms with Gasteiger partial charge in [-0.05, 0) is 36.1 Å². The van der Waals surface area contributed by atoms with E-state index < -0.39 is 35.6 Å². The SMILES string of the molecule is CCCCCNc1nc(N)nc2ccn(Cc3ccc(CN4CCN(CCn5cc(CNC(=O)C(CC(=O)O)SC[C@H](N)C(=O)O)nn5)CC4)cc3C)c12. The number of rotatable bonds is 21. The third-order valence-electron chi connectivity index (χ3n) is 9.44. The number of hydrogen-bond donors (Lipinski definition) is 6. The normalized spacial score (nSPS) is 14.9. The molecule has 0 aliphatic carbocycles. The molecule has 1 saturated heterocycles. The fraction of sp³-hybridized carbons (Fsp3) is 0.528. The van der Waals surface area contributed by atoms with Crippen molar-refractivity contribution in [3.63, 3.8) is 0 Å². The number of piperazine rings is 1. The number of nitrogen functional groups attached to an aromatic ring is 1. The Hall–Kier alpha value is -4.78. The summed E-state index contributed by atoms with van der Waals surface area (Å²) in [5.41, 5.74) is 17.6. The summed E-state index contributed by atoms with van der Waals surface area (Å²) >= 11 is 0.906. The van der Waals surface area contributed by atoms with E-state index >= 15 is 0 Å². The molecule has 0 radical (unpaired) electrons. The van der Waals surface area contributed by atoms with E-state index in [0.29, 0.717) is 18.8 Å². The summed E-state index contributed by atoms with van der Waals surface area (Å²) < 4.78 is 3.93. The maximum Gasteiger partial charge on any atom is 0.321 e. The smallest absolute Gasteiger partial charge is 0.321 e. The number of hydrogen-bond acceptors (Lipinski definition) is 13. The molecule has 54 heavy (non-hydrogen) atoms. The van der Waals surface area contributed by atoms with Crippen LogP contribution < -0.4 is 22.1 Å². The lowest BCUT2D eigenvalue weighted by atomic mass is 10.0. The van der Waals surface area contributed by atoms with Gasteiger partial charge in [0.05, 0.1) is 36.5 Å². The summed E-state index contributed by atoms with van der Waals surface area (Å²) in [7, 11) is 0. The molecule has 2 atom stereocenters. The number of amides is 1. The number of anilines is 2. The van der Waals surface area contributed by atoms with Crippen LogP contribution in [0.25, 0.3) is 11.0 Å². The van der Waals surface area contributed by atoms with Gasteiger partial charge in [0, 0.05) is 64.3 Å². The van der Waals surface area contributed by atoms with E-state index in [4.69, 9.17) is 16.6 Å². The Labute approximate surface area is 318 Å². The van der Waals surface area contributed by atoms with Gasteiger partial charge in [0.25, 0.3) is 0 Å². The lowest BCUT2D eigenvalue weighted by molar-refractivity contribution is -0.138. The minimum absolute atomic E-state index is 0.0744. The van der Waals surface area contributed by atoms with Crippen molar-refractivity contribution < 1.29 is 24.6 Å². The first-order valence-corrected chi connectivity index (χ1v) is 19.4. The molecule has 8 N–H and O–H groups in total. The number of aromatic nitrogens is 6. The van der Waals surface area contributed by atoms with E-state index in [1.165, 1.54) is 16.7 Å². The number of benzene rings is 1. The highest BCUT2D eigenvalue weighted by molar-refractivity contribution is 8.00. The van der Waals surface area contributed by atoms with Crippen LogP contribution in [0, 0.1) is 6.92 Å². The molecule has 18 heteroatoms. The van der Waals surface area contributed by atoms with Crippen LogP contribution in [0.15, 0.2) is 36.7 Å². The van der Waals surface area contributed by atoms with Gasteiger partial charge < -0.3 is 36.9 Å². The molecule has 1 aliphatic rings. The van der Waals surface area contributed by atoms with Crippen molar-refractivity contribution in [3.8, 4) is 0 Å². The number of nitrogens with two attached hydrogens (primary N) is 2. The minimum Gasteiger partial charge on any atom is -0.481 e. The average molecular weight is 765 g/mol. The van der Waals surface area contributed by atoms with E-state index in [1.54, 1.807) is 10.9 Å². The van der Waals surface area contributed by atoms with Crippen LogP contribution in [-0.2, 0) is 40.6 Å². The fourth-order valence-electron chi connectivity index (χ4n) is 6.35. The van der Waals surface area contributed by atoms with Crippen LogP contribution in [0.3, 0.4) is 0 Å². The van der Waals surface area contributed by atoms with Crippen molar-refractivity contribution in [2.24, 2.45) is 5.73 Å². The Bertz CT molecular complexity index is 1880. The van der Waals surface area contributed by atoms with Crippen molar-refractivity contribution in [2.75, 3.05) is 56.1 Å². The number of carboxylic acids is 2. The maximum absolute atomic E-state index is 12.6. The van der Waals surface area contributed by atoms with Crippen molar-refractivity contribution in [3.05, 3.63) is 59.0 Å². The molecule has 4 aromatic rings. The Morgan fingerprint density at radius 3 is 2.52 bits per heavy atom. The Morgan fingerprint density at radius 2 is 1.80 bits per heavy atom. The number of carbonyl (C=O) groups is 3. The molecule has 0 saturated carbocycles. The highest BCUT2D eigenvalue weighted by Gasteiger charge is 2.25. The average Bonchev–Trinajstić information content (AvgIpc) is 3.78. The predicted octanol–water partition coefficient (Wildman–Crippen LogP) is 1.99. The van der Waals surface area contributed by atoms with Gasteiger partial charge in [-0.25, -0.2) is 4.98 Å². The summed E-state index contributed by atoms with van der Waals surface area (Å²) in [6, 6.07) is 7.54. The second kappa shape index (κ2) is 19.5. The number of nitrogens with one attached hydrogen (secondary N) is 2. The second-order valence-corrected chi connectivity index (χ2v) is 14.9. The molecule has 1 unspecified atom stereocenters. The number of aryl methyl sites for hydroxylation is 1. The molecule has 1 aliphatic heterocycles. The van der Waals surface area contributed by atoms with Gasteiger partial charge in [-0.1, -0.05) is 43.2 Å². The van der Waals surface area contributed by atoms with Crippen LogP contribution >= 0.6 is 11.8 Å². The van der Waals surface area contributed by atoms with Crippen LogP contribution in [0.4, 0.5) is 11.8 Å². The molecule has 1 amide bonds. The van der Waals surface area contributed by atoms with E-state index in [9.17, 15) is 19.5 Å². The van der Waals surface area contributed by atoms with Crippen molar-refractivity contribution in [1.82, 2.24) is 44.6 Å². The summed E-state index contributed by atoms with van der Waals surface area (Å²) in [6.07, 6.45) is 6.76. The number of aliphatic carboxylic acids is 2. The van der Waals surface area contributed by atoms with Crippen LogP contribution in [0.1, 0.15) is 55.0 Å². The Kier molecular flexibility index (Phi) is 14.6. The summed E-state index contributed by atoms with van der Waals surface area (Å²) in [5, 5.41) is 31.7. The first-order chi connectivity index (χ1) is 26.0. The second-order valence-electron chi connectivity index (χ2n) is 13.7. The standard InChI is InChI=1S/C36H52N12O5S/c1-3-4-5-9-39-33-32-29(41-36(38)42-33)8-10-47(32)21-26-7-6-25(17-24(26)2)20-46-13-11-45(12-14-46)15-16-48-22-27(43-44-48)19-40-34(51)30(18-31(49)50)54-23-28(37)35(52)53/h6-8,10,17,22,28,30H,3-5,9,11-16,18-21,23,37H2,1-2H3,(H,40,51)(H,49,50)(H,52,53)(H3,38,39,41,42)/t28-,30?/m0/s1. The number of unbranched alkanes of at least 4 members (excludes halogenated alkanes) is 2. The molecule has 3 aromatic heterocycles. The minimum atomic E-state index is -1.21. The molecule has 4 heterocycles. The Balaban J connectivity index is 1.05. The molecule has 1 aromatic carbocycles. The third kappa shape index (κ3) is 11.6. The quantitative estimate of drug-likeness (QED) is 0.0666. The zero-order valence-electron chi connectivity index (χ0n) is 31.0. The summed E-state index contributed by atoms with van der Waals surface area (Å²) in [6.45, 7) is 12.1. The topological polar surface area (TPSA) is 236 Å². The highest BCUT2D eigenvalue weighted by Crippen LogP contribution is 2.25. The van der Waals surface area contributed by atoms with Crippen LogP contribution in [-0.4, -0.2) is 124 Å². The van der Waals surface area contributed by atoms with E-state index in [-0.39, 0.29) is 18.2 Å². The summed E-state index contributed by atoms with van der Waals surface area (Å²) in [4.78, 5) is 48.7. The first-order valence-electron chi connectivity index (χ1n) is 18.4. The third-order valence-corrected chi connectivity index (χ3v) is 10.8. The van der Waals surface area contributed by atoms with Crippen LogP contribution in [0.5, 0.6) is 0 Å². The van der Waals surface area contributed by atoms with Gasteiger partial charge in [0.2, 0.25) is 11.9 Å². The van der Waals surface area contributed by atoms with Gasteiger partial charge in [-0.2, -0.15) is 4.98 Å². The van der Waals surface area contributed by atoms with Crippen molar-refractivity contribution in [1.29, 1.82) is 0 Å². The van der Waals surface area contributed by atoms with Gasteiger partial charge in [-0.3, -0.25) is 28.9 Å².